The molecule has 192 valence electrons. The number of carbonyl (C=O) groups excluding carboxylic acids is 1. The van der Waals surface area contributed by atoms with Crippen molar-refractivity contribution >= 4 is 17.4 Å². The predicted molar refractivity (Wildman–Crippen MR) is 146 cm³/mol. The molecule has 0 fully saturated rings. The Balaban J connectivity index is 1.16. The third-order valence-electron chi connectivity index (χ3n) is 6.79. The van der Waals surface area contributed by atoms with Crippen LogP contribution in [0.4, 0.5) is 5.69 Å². The zero-order valence-corrected chi connectivity index (χ0v) is 21.1. The Labute approximate surface area is 221 Å². The first-order valence-corrected chi connectivity index (χ1v) is 12.8. The highest BCUT2D eigenvalue weighted by atomic mass is 16.5. The molecule has 3 atom stereocenters. The van der Waals surface area contributed by atoms with E-state index >= 15 is 0 Å². The number of amides is 1. The largest absolute Gasteiger partial charge is 0.489 e. The molecular weight excluding hydrogens is 478 g/mol. The number of fused-ring (bicyclic) bond motifs is 3. The zero-order valence-electron chi connectivity index (χ0n) is 21.1. The average Bonchev–Trinajstić information content (AvgIpc) is 3.54. The average molecular weight is 508 g/mol. The summed E-state index contributed by atoms with van der Waals surface area (Å²) in [5.41, 5.74) is 6.90. The van der Waals surface area contributed by atoms with Gasteiger partial charge < -0.3 is 25.7 Å². The van der Waals surface area contributed by atoms with Crippen molar-refractivity contribution in [2.75, 3.05) is 18.6 Å². The molecule has 0 saturated carbocycles. The smallest absolute Gasteiger partial charge is 0.262 e. The molecule has 38 heavy (non-hydrogen) atoms. The van der Waals surface area contributed by atoms with Crippen LogP contribution < -0.4 is 25.7 Å². The highest BCUT2D eigenvalue weighted by Crippen LogP contribution is 2.35. The summed E-state index contributed by atoms with van der Waals surface area (Å²) in [7, 11) is 1.83. The molecule has 4 heterocycles. The molecule has 4 aliphatic rings. The SMILES string of the molecule is CN1NC(CC2=CCCC=C2)=NC1C(=O)NC1COc2ccc(C#Cc3ccccn3)cc2N2C=CNC12. The number of hydrogen-bond acceptors (Lipinski definition) is 8. The number of pyridine rings is 1. The van der Waals surface area contributed by atoms with Gasteiger partial charge in [-0.15, -0.1) is 0 Å². The zero-order chi connectivity index (χ0) is 25.9. The van der Waals surface area contributed by atoms with E-state index < -0.39 is 6.17 Å². The summed E-state index contributed by atoms with van der Waals surface area (Å²) in [4.78, 5) is 24.3. The van der Waals surface area contributed by atoms with Gasteiger partial charge in [-0.1, -0.05) is 30.2 Å². The normalized spacial score (nSPS) is 23.4. The molecule has 3 unspecified atom stereocenters. The van der Waals surface area contributed by atoms with Crippen LogP contribution in [0.5, 0.6) is 5.75 Å². The lowest BCUT2D eigenvalue weighted by Crippen LogP contribution is -2.58. The summed E-state index contributed by atoms with van der Waals surface area (Å²) in [6, 6.07) is 11.2. The van der Waals surface area contributed by atoms with Crippen LogP contribution in [-0.2, 0) is 4.79 Å². The van der Waals surface area contributed by atoms with E-state index in [-0.39, 0.29) is 18.1 Å². The number of nitrogens with zero attached hydrogens (tertiary/aromatic N) is 4. The Hall–Kier alpha value is -4.55. The molecule has 1 aliphatic carbocycles. The second-order valence-corrected chi connectivity index (χ2v) is 9.52. The van der Waals surface area contributed by atoms with E-state index in [4.69, 9.17) is 4.74 Å². The van der Waals surface area contributed by atoms with Gasteiger partial charge >= 0.3 is 0 Å². The van der Waals surface area contributed by atoms with E-state index in [0.717, 1.165) is 35.7 Å². The number of anilines is 1. The summed E-state index contributed by atoms with van der Waals surface area (Å²) >= 11 is 0. The number of likely N-dealkylation sites (N-methyl/N-ethyl adjacent to an activating group) is 1. The molecular formula is C29H29N7O2. The summed E-state index contributed by atoms with van der Waals surface area (Å²) in [5.74, 6) is 7.63. The molecule has 1 amide bonds. The molecule has 0 bridgehead atoms. The van der Waals surface area contributed by atoms with Crippen LogP contribution in [0.15, 0.2) is 83.8 Å². The van der Waals surface area contributed by atoms with Crippen LogP contribution in [0, 0.1) is 11.8 Å². The number of amidine groups is 1. The van der Waals surface area contributed by atoms with Crippen LogP contribution in [0.1, 0.15) is 30.5 Å². The van der Waals surface area contributed by atoms with Crippen LogP contribution in [0.25, 0.3) is 0 Å². The Morgan fingerprint density at radius 3 is 3.03 bits per heavy atom. The van der Waals surface area contributed by atoms with Crippen LogP contribution in [-0.4, -0.2) is 53.8 Å². The third kappa shape index (κ3) is 4.99. The van der Waals surface area contributed by atoms with Crippen molar-refractivity contribution in [3.8, 4) is 17.6 Å². The molecule has 2 aromatic rings. The lowest BCUT2D eigenvalue weighted by molar-refractivity contribution is -0.126. The van der Waals surface area contributed by atoms with Crippen LogP contribution in [0.3, 0.4) is 0 Å². The van der Waals surface area contributed by atoms with Gasteiger partial charge in [0.2, 0.25) is 0 Å². The summed E-state index contributed by atoms with van der Waals surface area (Å²) in [6.07, 6.45) is 14.0. The molecule has 9 nitrogen and oxygen atoms in total. The van der Waals surface area contributed by atoms with Gasteiger partial charge in [0.1, 0.15) is 36.1 Å². The summed E-state index contributed by atoms with van der Waals surface area (Å²) in [5, 5.41) is 8.27. The van der Waals surface area contributed by atoms with Crippen molar-refractivity contribution in [2.45, 2.75) is 37.6 Å². The lowest BCUT2D eigenvalue weighted by Gasteiger charge is -2.30. The number of aliphatic imine (C=N–C) groups is 1. The Bertz CT molecular complexity index is 1400. The molecule has 0 spiro atoms. The van der Waals surface area contributed by atoms with Crippen LogP contribution >= 0.6 is 0 Å². The van der Waals surface area contributed by atoms with E-state index in [2.05, 4.69) is 61.0 Å². The standard InChI is InChI=1S/C29H29N7O2/c1-35-28(33-26(34-35)18-20-7-3-2-4-8-20)29(37)32-23-19-38-25-13-11-21(10-12-22-9-5-6-14-30-22)17-24(25)36-16-15-31-27(23)36/h3,5-9,11,13-17,23,27-28,31H,2,4,18-19H2,1H3,(H,32,37)(H,33,34). The van der Waals surface area contributed by atoms with Crippen molar-refractivity contribution in [1.29, 1.82) is 0 Å². The molecule has 9 heteroatoms. The number of aromatic nitrogens is 1. The summed E-state index contributed by atoms with van der Waals surface area (Å²) in [6.45, 7) is 0.311. The van der Waals surface area contributed by atoms with Crippen molar-refractivity contribution in [3.05, 3.63) is 90.1 Å². The third-order valence-corrected chi connectivity index (χ3v) is 6.79. The maximum absolute atomic E-state index is 13.3. The molecule has 1 aromatic carbocycles. The number of rotatable bonds is 4. The van der Waals surface area contributed by atoms with E-state index in [1.54, 1.807) is 11.2 Å². The van der Waals surface area contributed by atoms with Crippen molar-refractivity contribution < 1.29 is 9.53 Å². The quantitative estimate of drug-likeness (QED) is 0.548. The van der Waals surface area contributed by atoms with Crippen LogP contribution in [0.2, 0.25) is 0 Å². The summed E-state index contributed by atoms with van der Waals surface area (Å²) < 4.78 is 6.16. The fraction of sp³-hybridized carbons (Fsp3) is 0.276. The molecule has 3 N–H and O–H groups in total. The monoisotopic (exact) mass is 507 g/mol. The highest BCUT2D eigenvalue weighted by molar-refractivity contribution is 5.92. The highest BCUT2D eigenvalue weighted by Gasteiger charge is 2.38. The van der Waals surface area contributed by atoms with E-state index in [1.807, 2.05) is 55.8 Å². The molecule has 3 aliphatic heterocycles. The van der Waals surface area contributed by atoms with Gasteiger partial charge in [-0.3, -0.25) is 4.79 Å². The lowest BCUT2D eigenvalue weighted by atomic mass is 10.0. The number of ether oxygens (including phenoxy) is 1. The Morgan fingerprint density at radius 1 is 1.24 bits per heavy atom. The van der Waals surface area contributed by atoms with Crippen molar-refractivity contribution in [2.24, 2.45) is 4.99 Å². The van der Waals surface area contributed by atoms with Crippen molar-refractivity contribution in [1.82, 2.24) is 26.1 Å². The second kappa shape index (κ2) is 10.4. The van der Waals surface area contributed by atoms with Gasteiger partial charge in [0.25, 0.3) is 5.91 Å². The first kappa shape index (κ1) is 23.8. The minimum Gasteiger partial charge on any atom is -0.489 e. The number of benzene rings is 1. The Morgan fingerprint density at radius 2 is 2.18 bits per heavy atom. The van der Waals surface area contributed by atoms with Gasteiger partial charge in [-0.05, 0) is 54.7 Å². The fourth-order valence-electron chi connectivity index (χ4n) is 4.92. The number of hydrogen-bond donors (Lipinski definition) is 3. The molecule has 0 saturated heterocycles. The second-order valence-electron chi connectivity index (χ2n) is 9.52. The Kier molecular flexibility index (Phi) is 6.54. The first-order chi connectivity index (χ1) is 18.6. The van der Waals surface area contributed by atoms with Gasteiger partial charge in [-0.25, -0.2) is 9.98 Å². The van der Waals surface area contributed by atoms with Gasteiger partial charge in [0, 0.05) is 37.6 Å². The number of hydrazine groups is 1. The van der Waals surface area contributed by atoms with E-state index in [0.29, 0.717) is 18.7 Å². The molecule has 1 aromatic heterocycles. The minimum atomic E-state index is -0.653. The number of nitrogens with one attached hydrogen (secondary N) is 3. The maximum Gasteiger partial charge on any atom is 0.262 e. The topological polar surface area (TPSA) is 94.1 Å². The fourth-order valence-corrected chi connectivity index (χ4v) is 4.92. The molecule has 0 radical (unpaired) electrons. The number of allylic oxidation sites excluding steroid dienone is 3. The maximum atomic E-state index is 13.3. The van der Waals surface area contributed by atoms with Crippen molar-refractivity contribution in [3.63, 3.8) is 0 Å². The van der Waals surface area contributed by atoms with Gasteiger partial charge in [-0.2, -0.15) is 5.01 Å². The first-order valence-electron chi connectivity index (χ1n) is 12.8. The van der Waals surface area contributed by atoms with E-state index in [1.165, 1.54) is 5.57 Å². The molecule has 6 rings (SSSR count). The van der Waals surface area contributed by atoms with Gasteiger partial charge in [0.05, 0.1) is 5.69 Å². The number of carbonyl (C=O) groups is 1. The predicted octanol–water partition coefficient (Wildman–Crippen LogP) is 2.41. The van der Waals surface area contributed by atoms with E-state index in [9.17, 15) is 4.79 Å². The van der Waals surface area contributed by atoms with Gasteiger partial charge in [0.15, 0.2) is 6.17 Å². The minimum absolute atomic E-state index is 0.182.